The zero-order chi connectivity index (χ0) is 23.0. The number of hydrogen-bond donors (Lipinski definition) is 2. The number of rotatable bonds is 9. The molecule has 0 unspecified atom stereocenters. The van der Waals surface area contributed by atoms with E-state index in [1.807, 2.05) is 43.3 Å². The maximum atomic E-state index is 12.3. The van der Waals surface area contributed by atoms with E-state index in [0.717, 1.165) is 49.3 Å². The number of carbonyl (C=O) groups is 1. The van der Waals surface area contributed by atoms with E-state index in [-0.39, 0.29) is 5.91 Å². The normalized spacial score (nSPS) is 15.1. The van der Waals surface area contributed by atoms with Crippen LogP contribution in [-0.4, -0.2) is 71.2 Å². The second kappa shape index (κ2) is 11.2. The Kier molecular flexibility index (Phi) is 7.86. The van der Waals surface area contributed by atoms with Gasteiger partial charge in [-0.2, -0.15) is 0 Å². The molecule has 4 rings (SSSR count). The van der Waals surface area contributed by atoms with E-state index in [9.17, 15) is 4.79 Å². The van der Waals surface area contributed by atoms with Crippen LogP contribution in [-0.2, 0) is 13.0 Å². The average Bonchev–Trinajstić information content (AvgIpc) is 3.29. The minimum Gasteiger partial charge on any atom is -0.351 e. The first kappa shape index (κ1) is 23.1. The molecule has 1 aliphatic rings. The smallest absolute Gasteiger partial charge is 0.251 e. The summed E-state index contributed by atoms with van der Waals surface area (Å²) < 4.78 is 0. The highest BCUT2D eigenvalue weighted by Gasteiger charge is 2.20. The molecule has 2 aromatic carbocycles. The highest BCUT2D eigenvalue weighted by Crippen LogP contribution is 2.23. The number of H-pyrrole nitrogens is 1. The van der Waals surface area contributed by atoms with Crippen molar-refractivity contribution in [2.24, 2.45) is 5.92 Å². The van der Waals surface area contributed by atoms with Gasteiger partial charge in [-0.05, 0) is 70.1 Å². The molecule has 1 amide bonds. The van der Waals surface area contributed by atoms with E-state index in [1.165, 1.54) is 24.8 Å². The van der Waals surface area contributed by atoms with E-state index >= 15 is 0 Å². The van der Waals surface area contributed by atoms with Crippen molar-refractivity contribution in [3.05, 3.63) is 71.5 Å². The van der Waals surface area contributed by atoms with E-state index in [2.05, 4.69) is 55.7 Å². The van der Waals surface area contributed by atoms with Crippen molar-refractivity contribution in [3.63, 3.8) is 0 Å². The van der Waals surface area contributed by atoms with Crippen LogP contribution in [0, 0.1) is 5.92 Å². The predicted molar refractivity (Wildman–Crippen MR) is 131 cm³/mol. The SMILES string of the molecule is CN(C)CCNC(=O)c1ccc(-c2nnc(CN3CCC(Cc4ccccc4)CC3)[nH]2)cc1. The Morgan fingerprint density at radius 2 is 1.79 bits per heavy atom. The number of piperidine rings is 1. The quantitative estimate of drug-likeness (QED) is 0.528. The number of likely N-dealkylation sites (N-methyl/N-ethyl adjacent to an activating group) is 1. The molecule has 0 atom stereocenters. The average molecular weight is 447 g/mol. The van der Waals surface area contributed by atoms with Crippen LogP contribution in [0.3, 0.4) is 0 Å². The lowest BCUT2D eigenvalue weighted by molar-refractivity contribution is 0.0951. The molecule has 174 valence electrons. The largest absolute Gasteiger partial charge is 0.351 e. The summed E-state index contributed by atoms with van der Waals surface area (Å²) in [5, 5.41) is 11.6. The van der Waals surface area contributed by atoms with Crippen LogP contribution < -0.4 is 5.32 Å². The molecule has 2 heterocycles. The minimum absolute atomic E-state index is 0.0580. The summed E-state index contributed by atoms with van der Waals surface area (Å²) >= 11 is 0. The number of aromatic nitrogens is 3. The maximum absolute atomic E-state index is 12.3. The fourth-order valence-corrected chi connectivity index (χ4v) is 4.28. The lowest BCUT2D eigenvalue weighted by Crippen LogP contribution is -2.34. The van der Waals surface area contributed by atoms with Crippen molar-refractivity contribution in [2.45, 2.75) is 25.8 Å². The Balaban J connectivity index is 1.26. The molecular weight excluding hydrogens is 412 g/mol. The number of nitrogens with one attached hydrogen (secondary N) is 2. The van der Waals surface area contributed by atoms with Gasteiger partial charge in [-0.15, -0.1) is 10.2 Å². The van der Waals surface area contributed by atoms with Gasteiger partial charge in [0.2, 0.25) is 0 Å². The summed E-state index contributed by atoms with van der Waals surface area (Å²) in [5.41, 5.74) is 3.02. The zero-order valence-electron chi connectivity index (χ0n) is 19.6. The molecule has 3 aromatic rings. The lowest BCUT2D eigenvalue weighted by atomic mass is 9.90. The molecule has 1 aliphatic heterocycles. The van der Waals surface area contributed by atoms with Crippen LogP contribution >= 0.6 is 0 Å². The van der Waals surface area contributed by atoms with Crippen molar-refractivity contribution in [1.29, 1.82) is 0 Å². The first-order valence-corrected chi connectivity index (χ1v) is 11.8. The Labute approximate surface area is 196 Å². The molecule has 1 fully saturated rings. The molecule has 7 nitrogen and oxygen atoms in total. The summed E-state index contributed by atoms with van der Waals surface area (Å²) in [6.45, 7) is 4.41. The van der Waals surface area contributed by atoms with Gasteiger partial charge in [0.1, 0.15) is 5.82 Å². The van der Waals surface area contributed by atoms with E-state index < -0.39 is 0 Å². The molecule has 0 spiro atoms. The zero-order valence-corrected chi connectivity index (χ0v) is 19.6. The first-order chi connectivity index (χ1) is 16.1. The Morgan fingerprint density at radius 3 is 2.48 bits per heavy atom. The standard InChI is InChI=1S/C26H34N6O/c1-31(2)17-14-27-26(33)23-10-8-22(9-11-23)25-28-24(29-30-25)19-32-15-12-21(13-16-32)18-20-6-4-3-5-7-20/h3-11,21H,12-19H2,1-2H3,(H,27,33)(H,28,29,30). The molecule has 0 saturated carbocycles. The third-order valence-corrected chi connectivity index (χ3v) is 6.25. The summed E-state index contributed by atoms with van der Waals surface area (Å²) in [7, 11) is 3.97. The molecule has 0 aliphatic carbocycles. The number of amides is 1. The molecule has 33 heavy (non-hydrogen) atoms. The molecule has 7 heteroatoms. The van der Waals surface area contributed by atoms with Crippen molar-refractivity contribution in [2.75, 3.05) is 40.3 Å². The predicted octanol–water partition coefficient (Wildman–Crippen LogP) is 3.22. The second-order valence-corrected chi connectivity index (χ2v) is 9.17. The summed E-state index contributed by atoms with van der Waals surface area (Å²) in [6, 6.07) is 18.3. The Hall–Kier alpha value is -3.03. The Morgan fingerprint density at radius 1 is 1.06 bits per heavy atom. The van der Waals surface area contributed by atoms with Crippen molar-refractivity contribution < 1.29 is 4.79 Å². The van der Waals surface area contributed by atoms with Gasteiger partial charge in [0.25, 0.3) is 5.91 Å². The molecule has 0 radical (unpaired) electrons. The fraction of sp³-hybridized carbons (Fsp3) is 0.423. The summed E-state index contributed by atoms with van der Waals surface area (Å²) in [4.78, 5) is 20.1. The van der Waals surface area contributed by atoms with Crippen LogP contribution in [0.2, 0.25) is 0 Å². The van der Waals surface area contributed by atoms with Gasteiger partial charge in [0, 0.05) is 24.2 Å². The van der Waals surface area contributed by atoms with E-state index in [4.69, 9.17) is 0 Å². The molecule has 2 N–H and O–H groups in total. The molecular formula is C26H34N6O. The van der Waals surface area contributed by atoms with Gasteiger partial charge in [0.15, 0.2) is 5.82 Å². The number of carbonyl (C=O) groups excluding carboxylic acids is 1. The fourth-order valence-electron chi connectivity index (χ4n) is 4.28. The van der Waals surface area contributed by atoms with Gasteiger partial charge in [-0.3, -0.25) is 9.69 Å². The minimum atomic E-state index is -0.0580. The van der Waals surface area contributed by atoms with Gasteiger partial charge in [0.05, 0.1) is 6.54 Å². The van der Waals surface area contributed by atoms with E-state index in [1.54, 1.807) is 0 Å². The highest BCUT2D eigenvalue weighted by molar-refractivity contribution is 5.94. The topological polar surface area (TPSA) is 77.2 Å². The molecule has 1 saturated heterocycles. The van der Waals surface area contributed by atoms with Gasteiger partial charge >= 0.3 is 0 Å². The van der Waals surface area contributed by atoms with E-state index in [0.29, 0.717) is 12.1 Å². The number of benzene rings is 2. The van der Waals surface area contributed by atoms with Crippen LogP contribution in [0.15, 0.2) is 54.6 Å². The first-order valence-electron chi connectivity index (χ1n) is 11.8. The second-order valence-electron chi connectivity index (χ2n) is 9.17. The van der Waals surface area contributed by atoms with Gasteiger partial charge in [-0.1, -0.05) is 42.5 Å². The number of likely N-dealkylation sites (tertiary alicyclic amines) is 1. The number of hydrogen-bond acceptors (Lipinski definition) is 5. The third kappa shape index (κ3) is 6.73. The number of nitrogens with zero attached hydrogens (tertiary/aromatic N) is 4. The van der Waals surface area contributed by atoms with Crippen molar-refractivity contribution in [3.8, 4) is 11.4 Å². The van der Waals surface area contributed by atoms with Gasteiger partial charge < -0.3 is 15.2 Å². The van der Waals surface area contributed by atoms with Crippen molar-refractivity contribution in [1.82, 2.24) is 30.3 Å². The summed E-state index contributed by atoms with van der Waals surface area (Å²) in [6.07, 6.45) is 3.60. The maximum Gasteiger partial charge on any atom is 0.251 e. The lowest BCUT2D eigenvalue weighted by Gasteiger charge is -2.31. The van der Waals surface area contributed by atoms with Crippen molar-refractivity contribution >= 4 is 5.91 Å². The third-order valence-electron chi connectivity index (χ3n) is 6.25. The number of aromatic amines is 1. The van der Waals surface area contributed by atoms with Gasteiger partial charge in [-0.25, -0.2) is 0 Å². The van der Waals surface area contributed by atoms with Crippen LogP contribution in [0.1, 0.15) is 34.6 Å². The van der Waals surface area contributed by atoms with Crippen LogP contribution in [0.25, 0.3) is 11.4 Å². The Bertz CT molecular complexity index is 1010. The summed E-state index contributed by atoms with van der Waals surface area (Å²) in [5.74, 6) is 2.32. The monoisotopic (exact) mass is 446 g/mol. The molecule has 0 bridgehead atoms. The van der Waals surface area contributed by atoms with Crippen LogP contribution in [0.5, 0.6) is 0 Å². The highest BCUT2D eigenvalue weighted by atomic mass is 16.1. The van der Waals surface area contributed by atoms with Crippen LogP contribution in [0.4, 0.5) is 0 Å². The molecule has 1 aromatic heterocycles.